The van der Waals surface area contributed by atoms with Gasteiger partial charge in [0.2, 0.25) is 0 Å². The summed E-state index contributed by atoms with van der Waals surface area (Å²) in [6, 6.07) is 8.71. The molecule has 6 atom stereocenters. The second-order valence-corrected chi connectivity index (χ2v) is 15.2. The molecule has 2 unspecified atom stereocenters. The highest BCUT2D eigenvalue weighted by molar-refractivity contribution is 6.42. The lowest BCUT2D eigenvalue weighted by Crippen LogP contribution is -2.84. The van der Waals surface area contributed by atoms with Gasteiger partial charge in [0.05, 0.1) is 22.5 Å². The third-order valence-corrected chi connectivity index (χ3v) is 11.3. The molecule has 6 rings (SSSR count). The van der Waals surface area contributed by atoms with E-state index in [1.807, 2.05) is 66.7 Å². The number of hydrogen-bond acceptors (Lipinski definition) is 5. The maximum Gasteiger partial charge on any atom is 0.184 e. The standard InChI is InChI=1S/C38H48O5/c1-23(2)14-13-15-25(5)19-20-36-22-27-28(30-35(8,9)43-30)37(31(36)40,21-18-24(3)4)33(42)38(32(36)41,34(27,6)7)29(39)26-16-11-10-12-17-26/h10-12,14,16-19,27-28,30H,13,15,20-22H2,1-9H3/b25-19+/t27-,28?,30?,36+,37-,38+/m0/s1. The molecule has 5 aliphatic rings. The molecule has 1 aromatic rings. The largest absolute Gasteiger partial charge is 0.366 e. The summed E-state index contributed by atoms with van der Waals surface area (Å²) in [6.45, 7) is 17.9. The molecule has 1 aliphatic heterocycles. The molecule has 0 radical (unpaired) electrons. The normalized spacial score (nSPS) is 35.1. The van der Waals surface area contributed by atoms with Gasteiger partial charge in [0, 0.05) is 11.5 Å². The molecule has 230 valence electrons. The van der Waals surface area contributed by atoms with Crippen molar-refractivity contribution >= 4 is 23.1 Å². The van der Waals surface area contributed by atoms with Gasteiger partial charge in [-0.1, -0.05) is 79.1 Å². The fourth-order valence-electron chi connectivity index (χ4n) is 8.90. The van der Waals surface area contributed by atoms with Gasteiger partial charge >= 0.3 is 0 Å². The van der Waals surface area contributed by atoms with Crippen LogP contribution in [0.15, 0.2) is 65.3 Å². The summed E-state index contributed by atoms with van der Waals surface area (Å²) >= 11 is 0. The first-order chi connectivity index (χ1) is 20.0. The number of allylic oxidation sites excluding steroid dienone is 6. The number of carbonyl (C=O) groups excluding carboxylic acids is 4. The van der Waals surface area contributed by atoms with Crippen molar-refractivity contribution < 1.29 is 23.9 Å². The maximum absolute atomic E-state index is 15.4. The molecular formula is C38H48O5. The molecule has 0 amide bonds. The molecule has 1 aromatic carbocycles. The van der Waals surface area contributed by atoms with E-state index in [0.29, 0.717) is 12.0 Å². The van der Waals surface area contributed by atoms with Gasteiger partial charge in [-0.2, -0.15) is 0 Å². The van der Waals surface area contributed by atoms with Crippen molar-refractivity contribution in [3.8, 4) is 0 Å². The van der Waals surface area contributed by atoms with E-state index in [4.69, 9.17) is 4.74 Å². The molecule has 43 heavy (non-hydrogen) atoms. The number of rotatable bonds is 10. The first-order valence-corrected chi connectivity index (χ1v) is 15.9. The highest BCUT2D eigenvalue weighted by atomic mass is 16.6. The number of hydrogen-bond donors (Lipinski definition) is 0. The molecule has 1 saturated heterocycles. The Morgan fingerprint density at radius 2 is 1.44 bits per heavy atom. The summed E-state index contributed by atoms with van der Waals surface area (Å²) in [6.07, 6.45) is 8.31. The lowest BCUT2D eigenvalue weighted by Gasteiger charge is -2.71. The summed E-state index contributed by atoms with van der Waals surface area (Å²) in [4.78, 5) is 60.4. The molecule has 0 N–H and O–H groups in total. The Morgan fingerprint density at radius 1 is 0.837 bits per heavy atom. The Kier molecular flexibility index (Phi) is 7.57. The minimum Gasteiger partial charge on any atom is -0.366 e. The number of benzene rings is 1. The average Bonchev–Trinajstić information content (AvgIpc) is 3.57. The summed E-state index contributed by atoms with van der Waals surface area (Å²) in [7, 11) is 0. The highest BCUT2D eigenvalue weighted by Gasteiger charge is 2.88. The van der Waals surface area contributed by atoms with Crippen LogP contribution in [0.4, 0.5) is 0 Å². The number of epoxide rings is 1. The second kappa shape index (κ2) is 10.3. The zero-order chi connectivity index (χ0) is 31.8. The van der Waals surface area contributed by atoms with E-state index >= 15 is 14.4 Å². The van der Waals surface area contributed by atoms with Crippen molar-refractivity contribution in [1.82, 2.24) is 0 Å². The van der Waals surface area contributed by atoms with Crippen molar-refractivity contribution in [2.75, 3.05) is 0 Å². The predicted octanol–water partition coefficient (Wildman–Crippen LogP) is 7.84. The van der Waals surface area contributed by atoms with Crippen molar-refractivity contribution in [3.05, 3.63) is 70.8 Å². The van der Waals surface area contributed by atoms with Gasteiger partial charge in [-0.15, -0.1) is 0 Å². The second-order valence-electron chi connectivity index (χ2n) is 15.2. The molecule has 1 heterocycles. The third-order valence-electron chi connectivity index (χ3n) is 11.3. The average molecular weight is 585 g/mol. The minimum absolute atomic E-state index is 0.183. The highest BCUT2D eigenvalue weighted by Crippen LogP contribution is 2.77. The number of Topliss-reactive ketones (excluding diaryl/α,β-unsaturated/α-hetero) is 4. The smallest absolute Gasteiger partial charge is 0.184 e. The number of ether oxygens (including phenoxy) is 1. The lowest BCUT2D eigenvalue weighted by molar-refractivity contribution is -0.215. The van der Waals surface area contributed by atoms with Crippen LogP contribution >= 0.6 is 0 Å². The van der Waals surface area contributed by atoms with Crippen LogP contribution in [0.5, 0.6) is 0 Å². The minimum atomic E-state index is -1.94. The Labute approximate surface area is 257 Å². The molecular weight excluding hydrogens is 536 g/mol. The molecule has 4 aliphatic carbocycles. The van der Waals surface area contributed by atoms with Crippen molar-refractivity contribution in [2.24, 2.45) is 33.5 Å². The summed E-state index contributed by atoms with van der Waals surface area (Å²) < 4.78 is 6.24. The van der Waals surface area contributed by atoms with Gasteiger partial charge in [-0.05, 0) is 91.9 Å². The fraction of sp³-hybridized carbons (Fsp3) is 0.579. The van der Waals surface area contributed by atoms with Gasteiger partial charge in [0.25, 0.3) is 0 Å². The summed E-state index contributed by atoms with van der Waals surface area (Å²) in [5.41, 5.74) is -2.68. The van der Waals surface area contributed by atoms with Crippen LogP contribution in [-0.2, 0) is 19.1 Å². The van der Waals surface area contributed by atoms with Gasteiger partial charge in [0.1, 0.15) is 0 Å². The number of carbonyl (C=O) groups is 4. The van der Waals surface area contributed by atoms with Crippen LogP contribution in [0.1, 0.15) is 105 Å². The van der Waals surface area contributed by atoms with E-state index in [0.717, 1.165) is 24.0 Å². The summed E-state index contributed by atoms with van der Waals surface area (Å²) in [5, 5.41) is 0. The van der Waals surface area contributed by atoms with Crippen LogP contribution in [0.3, 0.4) is 0 Å². The van der Waals surface area contributed by atoms with Crippen LogP contribution in [0, 0.1) is 33.5 Å². The zero-order valence-corrected chi connectivity index (χ0v) is 27.4. The van der Waals surface area contributed by atoms with Crippen LogP contribution < -0.4 is 0 Å². The van der Waals surface area contributed by atoms with Crippen molar-refractivity contribution in [1.29, 1.82) is 0 Å². The first kappa shape index (κ1) is 31.5. The van der Waals surface area contributed by atoms with E-state index in [1.165, 1.54) is 5.57 Å². The van der Waals surface area contributed by atoms with Crippen molar-refractivity contribution in [2.45, 2.75) is 106 Å². The zero-order valence-electron chi connectivity index (χ0n) is 27.4. The molecule has 5 nitrogen and oxygen atoms in total. The quantitative estimate of drug-likeness (QED) is 0.121. The first-order valence-electron chi connectivity index (χ1n) is 15.9. The van der Waals surface area contributed by atoms with E-state index in [9.17, 15) is 4.79 Å². The van der Waals surface area contributed by atoms with Crippen molar-refractivity contribution in [3.63, 3.8) is 0 Å². The molecule has 5 heteroatoms. The van der Waals surface area contributed by atoms with E-state index in [2.05, 4.69) is 19.9 Å². The van der Waals surface area contributed by atoms with Crippen LogP contribution in [0.25, 0.3) is 0 Å². The fourth-order valence-corrected chi connectivity index (χ4v) is 8.90. The van der Waals surface area contributed by atoms with Gasteiger partial charge < -0.3 is 4.74 Å². The number of ketones is 4. The molecule has 4 saturated carbocycles. The van der Waals surface area contributed by atoms with Gasteiger partial charge in [-0.3, -0.25) is 19.2 Å². The lowest BCUT2D eigenvalue weighted by atomic mass is 9.26. The maximum atomic E-state index is 15.4. The topological polar surface area (TPSA) is 80.8 Å². The van der Waals surface area contributed by atoms with Crippen LogP contribution in [0.2, 0.25) is 0 Å². The summed E-state index contributed by atoms with van der Waals surface area (Å²) in [5.74, 6) is -2.38. The molecule has 5 fully saturated rings. The van der Waals surface area contributed by atoms with E-state index < -0.39 is 50.5 Å². The Balaban J connectivity index is 1.75. The Morgan fingerprint density at radius 3 is 2.00 bits per heavy atom. The molecule has 4 bridgehead atoms. The third kappa shape index (κ3) is 4.28. The molecule has 0 aromatic heterocycles. The predicted molar refractivity (Wildman–Crippen MR) is 169 cm³/mol. The molecule has 0 spiro atoms. The SMILES string of the molecule is CC(C)=CCC/C(C)=C/C[C@@]12C[C@H]3C(C4OC4(C)C)[C@@](CC=C(C)C)(C1=O)C(=O)[C@@](C(=O)c1ccccc1)(C2=O)C3(C)C. The van der Waals surface area contributed by atoms with Gasteiger partial charge in [0.15, 0.2) is 28.5 Å². The monoisotopic (exact) mass is 584 g/mol. The van der Waals surface area contributed by atoms with Gasteiger partial charge in [-0.25, -0.2) is 0 Å². The Bertz CT molecular complexity index is 1460. The van der Waals surface area contributed by atoms with E-state index in [-0.39, 0.29) is 30.6 Å². The Hall–Kier alpha value is -2.92. The van der Waals surface area contributed by atoms with Crippen LogP contribution in [-0.4, -0.2) is 34.8 Å². The van der Waals surface area contributed by atoms with E-state index in [1.54, 1.807) is 24.3 Å².